The van der Waals surface area contributed by atoms with Gasteiger partial charge in [-0.15, -0.1) is 6.42 Å². The van der Waals surface area contributed by atoms with Gasteiger partial charge in [0.1, 0.15) is 19.0 Å². The molecule has 4 nitrogen and oxygen atoms in total. The van der Waals surface area contributed by atoms with Crippen LogP contribution in [0.15, 0.2) is 96.3 Å². The predicted molar refractivity (Wildman–Crippen MR) is 158 cm³/mol. The van der Waals surface area contributed by atoms with E-state index in [0.29, 0.717) is 26.4 Å². The first-order chi connectivity index (χ1) is 18.8. The average molecular weight is 523 g/mol. The molecule has 3 aromatic rings. The first-order valence-electron chi connectivity index (χ1n) is 13.4. The van der Waals surface area contributed by atoms with Crippen LogP contribution in [0.25, 0.3) is 11.1 Å². The summed E-state index contributed by atoms with van der Waals surface area (Å²) in [5.74, 6) is 4.62. The minimum atomic E-state index is -0.654. The van der Waals surface area contributed by atoms with Crippen LogP contribution in [0.1, 0.15) is 44.4 Å². The summed E-state index contributed by atoms with van der Waals surface area (Å²) in [6, 6.07) is 25.3. The number of terminal acetylenes is 1. The Labute approximate surface area is 233 Å². The summed E-state index contributed by atoms with van der Waals surface area (Å²) < 4.78 is 22.7. The van der Waals surface area contributed by atoms with Crippen molar-refractivity contribution in [1.29, 1.82) is 0 Å². The molecule has 0 unspecified atom stereocenters. The van der Waals surface area contributed by atoms with Gasteiger partial charge in [0.15, 0.2) is 0 Å². The van der Waals surface area contributed by atoms with Gasteiger partial charge < -0.3 is 18.9 Å². The molecule has 0 fully saturated rings. The van der Waals surface area contributed by atoms with E-state index in [-0.39, 0.29) is 5.60 Å². The zero-order valence-corrected chi connectivity index (χ0v) is 23.6. The Morgan fingerprint density at radius 3 is 2.00 bits per heavy atom. The summed E-state index contributed by atoms with van der Waals surface area (Å²) in [7, 11) is 1.67. The lowest BCUT2D eigenvalue weighted by Gasteiger charge is -2.33. The summed E-state index contributed by atoms with van der Waals surface area (Å²) in [5, 5.41) is 0. The molecule has 0 heterocycles. The second-order valence-corrected chi connectivity index (χ2v) is 10.5. The highest BCUT2D eigenvalue weighted by Gasteiger charge is 2.46. The monoisotopic (exact) mass is 522 g/mol. The Bertz CT molecular complexity index is 1320. The third-order valence-electron chi connectivity index (χ3n) is 6.79. The largest absolute Gasteiger partial charge is 0.496 e. The predicted octanol–water partition coefficient (Wildman–Crippen LogP) is 7.32. The van der Waals surface area contributed by atoms with Crippen molar-refractivity contribution in [3.63, 3.8) is 0 Å². The normalized spacial score (nSPS) is 14.4. The van der Waals surface area contributed by atoms with E-state index in [4.69, 9.17) is 25.4 Å². The highest BCUT2D eigenvalue weighted by atomic mass is 16.5. The van der Waals surface area contributed by atoms with Crippen molar-refractivity contribution in [2.75, 3.05) is 33.5 Å². The molecule has 0 bridgehead atoms. The first-order valence-corrected chi connectivity index (χ1v) is 13.4. The van der Waals surface area contributed by atoms with E-state index in [1.165, 1.54) is 11.1 Å². The Morgan fingerprint density at radius 2 is 1.44 bits per heavy atom. The number of ether oxygens (including phenoxy) is 4. The summed E-state index contributed by atoms with van der Waals surface area (Å²) in [6.45, 7) is 10.1. The second-order valence-electron chi connectivity index (χ2n) is 10.5. The minimum absolute atomic E-state index is 0.197. The molecule has 0 atom stereocenters. The molecule has 39 heavy (non-hydrogen) atoms. The van der Waals surface area contributed by atoms with Crippen LogP contribution in [0.4, 0.5) is 0 Å². The Balaban J connectivity index is 1.78. The molecular weight excluding hydrogens is 484 g/mol. The van der Waals surface area contributed by atoms with Crippen molar-refractivity contribution in [1.82, 2.24) is 0 Å². The third kappa shape index (κ3) is 6.11. The minimum Gasteiger partial charge on any atom is -0.496 e. The lowest BCUT2D eigenvalue weighted by atomic mass is 9.67. The standard InChI is InChI=1S/C35H38O4/c1-7-27(17-16-26(2)37-24-25-39-34(3,4)5)35(28-18-20-29(21-19-28)38-23-22-36-6)32-14-10-8-12-30(32)31-13-9-11-15-33(31)35/h1,8-21H,22-25H2,2-6H3/b26-16+,27-17+. The first kappa shape index (κ1) is 28.2. The van der Waals surface area contributed by atoms with Crippen molar-refractivity contribution in [3.8, 4) is 29.2 Å². The molecule has 202 valence electrons. The maximum absolute atomic E-state index is 6.31. The van der Waals surface area contributed by atoms with Gasteiger partial charge in [0.2, 0.25) is 0 Å². The van der Waals surface area contributed by atoms with Crippen molar-refractivity contribution < 1.29 is 18.9 Å². The zero-order valence-electron chi connectivity index (χ0n) is 23.6. The van der Waals surface area contributed by atoms with Crippen LogP contribution in [0, 0.1) is 12.3 Å². The van der Waals surface area contributed by atoms with Gasteiger partial charge in [-0.25, -0.2) is 0 Å². The van der Waals surface area contributed by atoms with E-state index in [1.807, 2.05) is 52.0 Å². The van der Waals surface area contributed by atoms with Crippen molar-refractivity contribution in [3.05, 3.63) is 113 Å². The van der Waals surface area contributed by atoms with E-state index in [2.05, 4.69) is 66.6 Å². The highest BCUT2D eigenvalue weighted by molar-refractivity contribution is 5.87. The molecule has 0 spiro atoms. The van der Waals surface area contributed by atoms with Crippen LogP contribution in [0.2, 0.25) is 0 Å². The molecule has 0 radical (unpaired) electrons. The van der Waals surface area contributed by atoms with Crippen molar-refractivity contribution in [2.45, 2.75) is 38.7 Å². The van der Waals surface area contributed by atoms with Gasteiger partial charge in [-0.1, -0.05) is 66.6 Å². The number of methoxy groups -OCH3 is 1. The van der Waals surface area contributed by atoms with Gasteiger partial charge in [0.05, 0.1) is 30.0 Å². The molecular formula is C35H38O4. The molecule has 0 aliphatic heterocycles. The molecule has 1 aliphatic rings. The number of benzene rings is 3. The fourth-order valence-corrected chi connectivity index (χ4v) is 5.12. The number of fused-ring (bicyclic) bond motifs is 3. The van der Waals surface area contributed by atoms with Crippen LogP contribution in [0.3, 0.4) is 0 Å². The van der Waals surface area contributed by atoms with Gasteiger partial charge in [-0.05, 0) is 79.8 Å². The lowest BCUT2D eigenvalue weighted by molar-refractivity contribution is -0.0250. The zero-order chi connectivity index (χ0) is 27.9. The molecule has 0 saturated heterocycles. The van der Waals surface area contributed by atoms with E-state index in [0.717, 1.165) is 33.8 Å². The van der Waals surface area contributed by atoms with Crippen LogP contribution in [0.5, 0.6) is 5.75 Å². The van der Waals surface area contributed by atoms with E-state index < -0.39 is 5.41 Å². The van der Waals surface area contributed by atoms with Crippen LogP contribution < -0.4 is 4.74 Å². The summed E-state index contributed by atoms with van der Waals surface area (Å²) in [5.41, 5.74) is 5.76. The number of allylic oxidation sites excluding steroid dienone is 4. The fraction of sp³-hybridized carbons (Fsp3) is 0.314. The number of rotatable bonds is 11. The quantitative estimate of drug-likeness (QED) is 0.114. The van der Waals surface area contributed by atoms with Gasteiger partial charge in [-0.2, -0.15) is 0 Å². The van der Waals surface area contributed by atoms with E-state index in [9.17, 15) is 0 Å². The van der Waals surface area contributed by atoms with Gasteiger partial charge >= 0.3 is 0 Å². The van der Waals surface area contributed by atoms with Gasteiger partial charge in [-0.3, -0.25) is 0 Å². The van der Waals surface area contributed by atoms with Crippen LogP contribution in [-0.2, 0) is 19.6 Å². The molecule has 4 heteroatoms. The highest BCUT2D eigenvalue weighted by Crippen LogP contribution is 2.56. The van der Waals surface area contributed by atoms with Crippen molar-refractivity contribution >= 4 is 0 Å². The topological polar surface area (TPSA) is 36.9 Å². The van der Waals surface area contributed by atoms with Crippen LogP contribution in [-0.4, -0.2) is 39.1 Å². The second kappa shape index (κ2) is 12.4. The smallest absolute Gasteiger partial charge is 0.119 e. The summed E-state index contributed by atoms with van der Waals surface area (Å²) in [4.78, 5) is 0. The van der Waals surface area contributed by atoms with Crippen LogP contribution >= 0.6 is 0 Å². The van der Waals surface area contributed by atoms with E-state index >= 15 is 0 Å². The summed E-state index contributed by atoms with van der Waals surface area (Å²) in [6.07, 6.45) is 10.3. The summed E-state index contributed by atoms with van der Waals surface area (Å²) >= 11 is 0. The molecule has 0 N–H and O–H groups in total. The number of hydrogen-bond donors (Lipinski definition) is 0. The molecule has 0 saturated carbocycles. The number of hydrogen-bond acceptors (Lipinski definition) is 4. The van der Waals surface area contributed by atoms with E-state index in [1.54, 1.807) is 7.11 Å². The van der Waals surface area contributed by atoms with Gasteiger partial charge in [0.25, 0.3) is 0 Å². The molecule has 3 aromatic carbocycles. The Morgan fingerprint density at radius 1 is 0.821 bits per heavy atom. The molecule has 0 aromatic heterocycles. The van der Waals surface area contributed by atoms with Gasteiger partial charge in [0, 0.05) is 12.7 Å². The van der Waals surface area contributed by atoms with Crippen molar-refractivity contribution in [2.24, 2.45) is 0 Å². The fourth-order valence-electron chi connectivity index (χ4n) is 5.12. The molecule has 0 amide bonds. The third-order valence-corrected chi connectivity index (χ3v) is 6.79. The Kier molecular flexibility index (Phi) is 8.97. The SMILES string of the molecule is C#C/C(=C\C=C(/C)OCCOC(C)(C)C)C1(c2ccc(OCCOC)cc2)c2ccccc2-c2ccccc21. The maximum Gasteiger partial charge on any atom is 0.119 e. The molecule has 4 rings (SSSR count). The maximum atomic E-state index is 6.31. The average Bonchev–Trinajstić information content (AvgIpc) is 3.23. The lowest BCUT2D eigenvalue weighted by Crippen LogP contribution is -2.29. The Hall–Kier alpha value is -3.78. The molecule has 1 aliphatic carbocycles.